The third-order valence-corrected chi connectivity index (χ3v) is 8.00. The molecule has 30 heavy (non-hydrogen) atoms. The highest BCUT2D eigenvalue weighted by atomic mass is 32.2. The van der Waals surface area contributed by atoms with Crippen molar-refractivity contribution < 1.29 is 13.2 Å². The van der Waals surface area contributed by atoms with E-state index in [9.17, 15) is 13.2 Å². The van der Waals surface area contributed by atoms with Gasteiger partial charge in [0.05, 0.1) is 11.4 Å². The molecule has 0 unspecified atom stereocenters. The number of hydrogen-bond acceptors (Lipinski definition) is 4. The molecule has 1 fully saturated rings. The molecule has 6 nitrogen and oxygen atoms in total. The lowest BCUT2D eigenvalue weighted by Crippen LogP contribution is -2.50. The molecule has 2 aromatic carbocycles. The van der Waals surface area contributed by atoms with Crippen LogP contribution >= 0.6 is 0 Å². The number of carbonyl (C=O) groups is 1. The van der Waals surface area contributed by atoms with Gasteiger partial charge < -0.3 is 4.98 Å². The number of piperazine rings is 1. The number of aromatic amines is 1. The van der Waals surface area contributed by atoms with Crippen molar-refractivity contribution in [2.75, 3.05) is 32.7 Å². The smallest absolute Gasteiger partial charge is 0.243 e. The van der Waals surface area contributed by atoms with Crippen LogP contribution in [-0.4, -0.2) is 61.1 Å². The molecule has 0 spiro atoms. The van der Waals surface area contributed by atoms with Gasteiger partial charge in [-0.15, -0.1) is 0 Å². The van der Waals surface area contributed by atoms with Gasteiger partial charge in [-0.25, -0.2) is 8.42 Å². The summed E-state index contributed by atoms with van der Waals surface area (Å²) in [5.41, 5.74) is 4.26. The van der Waals surface area contributed by atoms with Crippen LogP contribution in [0.2, 0.25) is 0 Å². The van der Waals surface area contributed by atoms with E-state index in [-0.39, 0.29) is 5.78 Å². The quantitative estimate of drug-likeness (QED) is 0.637. The maximum absolute atomic E-state index is 13.2. The van der Waals surface area contributed by atoms with Crippen LogP contribution in [0.1, 0.15) is 27.0 Å². The number of benzene rings is 2. The highest BCUT2D eigenvalue weighted by molar-refractivity contribution is 7.89. The molecule has 1 aliphatic heterocycles. The van der Waals surface area contributed by atoms with Crippen molar-refractivity contribution in [2.24, 2.45) is 0 Å². The van der Waals surface area contributed by atoms with Crippen molar-refractivity contribution in [3.8, 4) is 0 Å². The van der Waals surface area contributed by atoms with Crippen LogP contribution < -0.4 is 0 Å². The van der Waals surface area contributed by atoms with Gasteiger partial charge in [0.2, 0.25) is 10.0 Å². The van der Waals surface area contributed by atoms with Gasteiger partial charge in [0.15, 0.2) is 5.78 Å². The number of hydrogen-bond donors (Lipinski definition) is 1. The minimum atomic E-state index is -3.55. The van der Waals surface area contributed by atoms with Gasteiger partial charge >= 0.3 is 0 Å². The number of para-hydroxylation sites is 1. The van der Waals surface area contributed by atoms with Crippen LogP contribution in [0, 0.1) is 20.8 Å². The zero-order chi connectivity index (χ0) is 21.5. The summed E-state index contributed by atoms with van der Waals surface area (Å²) in [5, 5.41) is 0.925. The summed E-state index contributed by atoms with van der Waals surface area (Å²) in [6.07, 6.45) is 1.76. The summed E-state index contributed by atoms with van der Waals surface area (Å²) in [7, 11) is -3.55. The van der Waals surface area contributed by atoms with E-state index >= 15 is 0 Å². The van der Waals surface area contributed by atoms with E-state index < -0.39 is 10.0 Å². The number of fused-ring (bicyclic) bond motifs is 1. The second-order valence-corrected chi connectivity index (χ2v) is 9.95. The normalized spacial score (nSPS) is 16.2. The molecule has 0 radical (unpaired) electrons. The van der Waals surface area contributed by atoms with Crippen molar-refractivity contribution >= 4 is 26.7 Å². The SMILES string of the molecule is Cc1cc(C)c(S(=O)(=O)N2CCN(CC(=O)c3c[nH]c4ccccc34)CC2)c(C)c1. The number of aryl methyl sites for hydroxylation is 3. The van der Waals surface area contributed by atoms with E-state index in [1.165, 1.54) is 0 Å². The maximum atomic E-state index is 13.2. The second kappa shape index (κ2) is 7.98. The molecule has 7 heteroatoms. The highest BCUT2D eigenvalue weighted by Gasteiger charge is 2.31. The predicted octanol–water partition coefficient (Wildman–Crippen LogP) is 3.28. The lowest BCUT2D eigenvalue weighted by Gasteiger charge is -2.34. The summed E-state index contributed by atoms with van der Waals surface area (Å²) in [4.78, 5) is 18.4. The van der Waals surface area contributed by atoms with Crippen molar-refractivity contribution in [1.82, 2.24) is 14.2 Å². The Bertz CT molecular complexity index is 1180. The number of H-pyrrole nitrogens is 1. The number of sulfonamides is 1. The molecular formula is C23H27N3O3S. The second-order valence-electron chi connectivity index (χ2n) is 8.08. The fourth-order valence-corrected chi connectivity index (χ4v) is 6.26. The molecule has 158 valence electrons. The molecule has 1 saturated heterocycles. The Morgan fingerprint density at radius 1 is 1.00 bits per heavy atom. The standard InChI is InChI=1S/C23H27N3O3S/c1-16-12-17(2)23(18(3)13-16)30(28,29)26-10-8-25(9-11-26)15-22(27)20-14-24-21-7-5-4-6-19(20)21/h4-7,12-14,24H,8-11,15H2,1-3H3. The van der Waals surface area contributed by atoms with Gasteiger partial charge in [0, 0.05) is 48.8 Å². The van der Waals surface area contributed by atoms with E-state index in [2.05, 4.69) is 4.98 Å². The van der Waals surface area contributed by atoms with Gasteiger partial charge in [-0.1, -0.05) is 35.9 Å². The Morgan fingerprint density at radius 2 is 1.63 bits per heavy atom. The molecule has 0 atom stereocenters. The monoisotopic (exact) mass is 425 g/mol. The number of Topliss-reactive ketones (excluding diaryl/α,β-unsaturated/α-hetero) is 1. The van der Waals surface area contributed by atoms with Crippen molar-refractivity contribution in [2.45, 2.75) is 25.7 Å². The van der Waals surface area contributed by atoms with E-state index in [1.807, 2.05) is 62.1 Å². The number of ketones is 1. The lowest BCUT2D eigenvalue weighted by molar-refractivity contribution is 0.0903. The molecule has 0 bridgehead atoms. The number of aromatic nitrogens is 1. The summed E-state index contributed by atoms with van der Waals surface area (Å²) >= 11 is 0. The number of carbonyl (C=O) groups excluding carboxylic acids is 1. The third-order valence-electron chi connectivity index (χ3n) is 5.79. The first-order chi connectivity index (χ1) is 14.3. The van der Waals surface area contributed by atoms with Gasteiger partial charge in [-0.3, -0.25) is 9.69 Å². The van der Waals surface area contributed by atoms with E-state index in [0.717, 1.165) is 27.6 Å². The van der Waals surface area contributed by atoms with Crippen molar-refractivity contribution in [3.05, 3.63) is 64.8 Å². The van der Waals surface area contributed by atoms with E-state index in [1.54, 1.807) is 10.5 Å². The minimum absolute atomic E-state index is 0.0500. The number of nitrogens with zero attached hydrogens (tertiary/aromatic N) is 2. The van der Waals surface area contributed by atoms with E-state index in [4.69, 9.17) is 0 Å². The Hall–Kier alpha value is -2.48. The van der Waals surface area contributed by atoms with Gasteiger partial charge in [0.25, 0.3) is 0 Å². The Labute approximate surface area is 177 Å². The average molecular weight is 426 g/mol. The van der Waals surface area contributed by atoms with Crippen LogP contribution in [-0.2, 0) is 10.0 Å². The first-order valence-electron chi connectivity index (χ1n) is 10.2. The fraction of sp³-hybridized carbons (Fsp3) is 0.348. The zero-order valence-electron chi connectivity index (χ0n) is 17.6. The summed E-state index contributed by atoms with van der Waals surface area (Å²) in [6.45, 7) is 7.81. The molecule has 1 aromatic heterocycles. The molecule has 1 aliphatic rings. The zero-order valence-corrected chi connectivity index (χ0v) is 18.4. The maximum Gasteiger partial charge on any atom is 0.243 e. The highest BCUT2D eigenvalue weighted by Crippen LogP contribution is 2.26. The number of nitrogens with one attached hydrogen (secondary N) is 1. The molecule has 2 heterocycles. The predicted molar refractivity (Wildman–Crippen MR) is 118 cm³/mol. The van der Waals surface area contributed by atoms with E-state index in [0.29, 0.717) is 43.2 Å². The Kier molecular flexibility index (Phi) is 5.53. The summed E-state index contributed by atoms with van der Waals surface area (Å²) < 4.78 is 28.0. The summed E-state index contributed by atoms with van der Waals surface area (Å²) in [5.74, 6) is 0.0500. The third kappa shape index (κ3) is 3.80. The molecule has 0 aliphatic carbocycles. The molecule has 1 N–H and O–H groups in total. The van der Waals surface area contributed by atoms with Gasteiger partial charge in [0.1, 0.15) is 0 Å². The Morgan fingerprint density at radius 3 is 2.30 bits per heavy atom. The van der Waals surface area contributed by atoms with Crippen LogP contribution in [0.4, 0.5) is 0 Å². The first-order valence-corrected chi connectivity index (χ1v) is 11.6. The fourth-order valence-electron chi connectivity index (χ4n) is 4.42. The van der Waals surface area contributed by atoms with Crippen LogP contribution in [0.5, 0.6) is 0 Å². The van der Waals surface area contributed by atoms with Crippen LogP contribution in [0.25, 0.3) is 10.9 Å². The molecule has 0 saturated carbocycles. The van der Waals surface area contributed by atoms with Crippen molar-refractivity contribution in [3.63, 3.8) is 0 Å². The largest absolute Gasteiger partial charge is 0.360 e. The molecule has 4 rings (SSSR count). The summed E-state index contributed by atoms with van der Waals surface area (Å²) in [6, 6.07) is 11.6. The average Bonchev–Trinajstić information content (AvgIpc) is 3.11. The topological polar surface area (TPSA) is 73.5 Å². The minimum Gasteiger partial charge on any atom is -0.360 e. The molecule has 3 aromatic rings. The van der Waals surface area contributed by atoms with Crippen molar-refractivity contribution in [1.29, 1.82) is 0 Å². The lowest BCUT2D eigenvalue weighted by atomic mass is 10.1. The first kappa shape index (κ1) is 20.8. The molecular weight excluding hydrogens is 398 g/mol. The van der Waals surface area contributed by atoms with Crippen LogP contribution in [0.15, 0.2) is 47.5 Å². The van der Waals surface area contributed by atoms with Gasteiger partial charge in [-0.2, -0.15) is 4.31 Å². The number of rotatable bonds is 5. The Balaban J connectivity index is 1.44. The van der Waals surface area contributed by atoms with Gasteiger partial charge in [-0.05, 0) is 38.0 Å². The molecule has 0 amide bonds. The van der Waals surface area contributed by atoms with Crippen LogP contribution in [0.3, 0.4) is 0 Å².